The zero-order valence-corrected chi connectivity index (χ0v) is 15.8. The Labute approximate surface area is 141 Å². The molecule has 2 rings (SSSR count). The van der Waals surface area contributed by atoms with E-state index in [-0.39, 0.29) is 6.09 Å². The van der Waals surface area contributed by atoms with E-state index in [1.54, 1.807) is 4.90 Å². The number of carbonyl (C=O) groups is 1. The third-order valence-electron chi connectivity index (χ3n) is 5.14. The molecule has 2 aliphatic heterocycles. The number of rotatable bonds is 5. The van der Waals surface area contributed by atoms with E-state index in [2.05, 4.69) is 24.2 Å². The van der Waals surface area contributed by atoms with Crippen molar-refractivity contribution in [3.8, 4) is 0 Å². The Morgan fingerprint density at radius 2 is 1.87 bits per heavy atom. The fourth-order valence-electron chi connectivity index (χ4n) is 3.89. The molecule has 0 aromatic carbocycles. The van der Waals surface area contributed by atoms with Crippen molar-refractivity contribution in [3.63, 3.8) is 0 Å². The van der Waals surface area contributed by atoms with Gasteiger partial charge in [0.2, 0.25) is 0 Å². The van der Waals surface area contributed by atoms with E-state index in [9.17, 15) is 4.79 Å². The predicted octanol–water partition coefficient (Wildman–Crippen LogP) is 2.70. The number of hydrogen-bond donors (Lipinski definition) is 1. The molecule has 2 aliphatic rings. The van der Waals surface area contributed by atoms with Gasteiger partial charge < -0.3 is 19.9 Å². The molecule has 23 heavy (non-hydrogen) atoms. The lowest BCUT2D eigenvalue weighted by molar-refractivity contribution is 0.0275. The van der Waals surface area contributed by atoms with E-state index >= 15 is 0 Å². The minimum atomic E-state index is -0.430. The highest BCUT2D eigenvalue weighted by atomic mass is 16.6. The van der Waals surface area contributed by atoms with Gasteiger partial charge in [-0.15, -0.1) is 0 Å². The van der Waals surface area contributed by atoms with E-state index in [0.29, 0.717) is 12.0 Å². The summed E-state index contributed by atoms with van der Waals surface area (Å²) in [5, 5.41) is 3.73. The maximum Gasteiger partial charge on any atom is 0.410 e. The number of ether oxygens (including phenoxy) is 1. The van der Waals surface area contributed by atoms with Crippen molar-refractivity contribution in [3.05, 3.63) is 0 Å². The molecule has 0 radical (unpaired) electrons. The van der Waals surface area contributed by atoms with Crippen LogP contribution in [-0.2, 0) is 4.74 Å². The first kappa shape index (κ1) is 18.5. The van der Waals surface area contributed by atoms with Crippen molar-refractivity contribution >= 4 is 6.09 Å². The van der Waals surface area contributed by atoms with Crippen molar-refractivity contribution in [1.82, 2.24) is 15.1 Å². The molecule has 2 fully saturated rings. The van der Waals surface area contributed by atoms with Crippen LogP contribution in [0.3, 0.4) is 0 Å². The number of fused-ring (bicyclic) bond motifs is 2. The van der Waals surface area contributed by atoms with Gasteiger partial charge in [-0.2, -0.15) is 0 Å². The van der Waals surface area contributed by atoms with Gasteiger partial charge in [0.05, 0.1) is 0 Å². The van der Waals surface area contributed by atoms with Crippen LogP contribution in [0, 0.1) is 5.92 Å². The van der Waals surface area contributed by atoms with Crippen LogP contribution in [0.2, 0.25) is 0 Å². The topological polar surface area (TPSA) is 44.8 Å². The number of hydrogen-bond acceptors (Lipinski definition) is 4. The van der Waals surface area contributed by atoms with Gasteiger partial charge in [0, 0.05) is 31.7 Å². The Hall–Kier alpha value is -0.810. The molecular weight excluding hydrogens is 290 g/mol. The molecule has 2 saturated heterocycles. The molecule has 1 N–H and O–H groups in total. The minimum Gasteiger partial charge on any atom is -0.444 e. The van der Waals surface area contributed by atoms with Gasteiger partial charge >= 0.3 is 6.09 Å². The first-order valence-corrected chi connectivity index (χ1v) is 9.05. The van der Waals surface area contributed by atoms with Crippen molar-refractivity contribution in [2.45, 2.75) is 77.1 Å². The second kappa shape index (κ2) is 7.39. The number of amides is 1. The van der Waals surface area contributed by atoms with Crippen LogP contribution < -0.4 is 5.32 Å². The lowest BCUT2D eigenvalue weighted by Gasteiger charge is -2.37. The Balaban J connectivity index is 1.69. The Bertz CT molecular complexity index is 394. The van der Waals surface area contributed by atoms with Crippen molar-refractivity contribution in [2.24, 2.45) is 5.92 Å². The summed E-state index contributed by atoms with van der Waals surface area (Å²) in [5.74, 6) is 0.421. The lowest BCUT2D eigenvalue weighted by atomic mass is 9.97. The quantitative estimate of drug-likeness (QED) is 0.844. The first-order valence-electron chi connectivity index (χ1n) is 9.05. The summed E-state index contributed by atoms with van der Waals surface area (Å²) in [6.45, 7) is 9.58. The highest BCUT2D eigenvalue weighted by Gasteiger charge is 2.38. The average Bonchev–Trinajstić information content (AvgIpc) is 2.65. The highest BCUT2D eigenvalue weighted by Crippen LogP contribution is 2.34. The Morgan fingerprint density at radius 3 is 2.39 bits per heavy atom. The molecule has 1 amide bonds. The standard InChI is InChI=1S/C18H35N3O2/c1-13(12-20(5)17(22)23-18(2,3)4)11-19-14-9-15-7-8-16(10-14)21(15)6/h13-16,19H,7-12H2,1-6H3. The fraction of sp³-hybridized carbons (Fsp3) is 0.944. The third kappa shape index (κ3) is 5.35. The largest absolute Gasteiger partial charge is 0.444 e. The number of nitrogens with one attached hydrogen (secondary N) is 1. The van der Waals surface area contributed by atoms with Gasteiger partial charge in [-0.25, -0.2) is 4.79 Å². The van der Waals surface area contributed by atoms with E-state index in [4.69, 9.17) is 4.74 Å². The molecule has 2 bridgehead atoms. The molecule has 134 valence electrons. The highest BCUT2D eigenvalue weighted by molar-refractivity contribution is 5.67. The zero-order valence-electron chi connectivity index (χ0n) is 15.8. The van der Waals surface area contributed by atoms with Gasteiger partial charge in [0.25, 0.3) is 0 Å². The zero-order chi connectivity index (χ0) is 17.2. The molecule has 0 aromatic rings. The van der Waals surface area contributed by atoms with E-state index in [1.807, 2.05) is 27.8 Å². The summed E-state index contributed by atoms with van der Waals surface area (Å²) in [6, 6.07) is 2.18. The van der Waals surface area contributed by atoms with Crippen molar-refractivity contribution in [2.75, 3.05) is 27.2 Å². The van der Waals surface area contributed by atoms with Crippen molar-refractivity contribution < 1.29 is 9.53 Å². The van der Waals surface area contributed by atoms with Crippen LogP contribution in [0.1, 0.15) is 53.4 Å². The SMILES string of the molecule is CC(CNC1CC2CCC(C1)N2C)CN(C)C(=O)OC(C)(C)C. The van der Waals surface area contributed by atoms with Crippen LogP contribution in [0.4, 0.5) is 4.79 Å². The van der Waals surface area contributed by atoms with Crippen LogP contribution in [0.5, 0.6) is 0 Å². The molecule has 5 nitrogen and oxygen atoms in total. The molecule has 2 heterocycles. The molecule has 0 spiro atoms. The van der Waals surface area contributed by atoms with Crippen LogP contribution in [-0.4, -0.2) is 66.8 Å². The van der Waals surface area contributed by atoms with Crippen LogP contribution >= 0.6 is 0 Å². The van der Waals surface area contributed by atoms with E-state index in [1.165, 1.54) is 25.7 Å². The van der Waals surface area contributed by atoms with Gasteiger partial charge in [-0.1, -0.05) is 6.92 Å². The number of carbonyl (C=O) groups excluding carboxylic acids is 1. The molecule has 3 atom stereocenters. The molecule has 5 heteroatoms. The summed E-state index contributed by atoms with van der Waals surface area (Å²) in [7, 11) is 4.09. The normalized spacial score (nSPS) is 29.4. The predicted molar refractivity (Wildman–Crippen MR) is 93.6 cm³/mol. The maximum absolute atomic E-state index is 12.0. The van der Waals surface area contributed by atoms with Crippen LogP contribution in [0.15, 0.2) is 0 Å². The molecule has 0 aromatic heterocycles. The van der Waals surface area contributed by atoms with Crippen molar-refractivity contribution in [1.29, 1.82) is 0 Å². The average molecular weight is 325 g/mol. The number of piperidine rings is 1. The monoisotopic (exact) mass is 325 g/mol. The molecule has 3 unspecified atom stereocenters. The summed E-state index contributed by atoms with van der Waals surface area (Å²) >= 11 is 0. The summed E-state index contributed by atoms with van der Waals surface area (Å²) in [5.41, 5.74) is -0.430. The third-order valence-corrected chi connectivity index (χ3v) is 5.14. The van der Waals surface area contributed by atoms with E-state index in [0.717, 1.165) is 25.2 Å². The molecular formula is C18H35N3O2. The Morgan fingerprint density at radius 1 is 1.30 bits per heavy atom. The lowest BCUT2D eigenvalue weighted by Crippen LogP contribution is -2.48. The first-order chi connectivity index (χ1) is 10.7. The fourth-order valence-corrected chi connectivity index (χ4v) is 3.89. The summed E-state index contributed by atoms with van der Waals surface area (Å²) in [4.78, 5) is 16.3. The van der Waals surface area contributed by atoms with E-state index < -0.39 is 5.60 Å². The minimum absolute atomic E-state index is 0.235. The molecule has 0 saturated carbocycles. The number of nitrogens with zero attached hydrogens (tertiary/aromatic N) is 2. The van der Waals surface area contributed by atoms with Crippen LogP contribution in [0.25, 0.3) is 0 Å². The van der Waals surface area contributed by atoms with Gasteiger partial charge in [0.1, 0.15) is 5.60 Å². The van der Waals surface area contributed by atoms with Gasteiger partial charge in [0.15, 0.2) is 0 Å². The Kier molecular flexibility index (Phi) is 5.95. The summed E-state index contributed by atoms with van der Waals surface area (Å²) < 4.78 is 5.40. The van der Waals surface area contributed by atoms with Gasteiger partial charge in [-0.05, 0) is 66.0 Å². The summed E-state index contributed by atoms with van der Waals surface area (Å²) in [6.07, 6.45) is 5.01. The second-order valence-electron chi connectivity index (χ2n) is 8.59. The second-order valence-corrected chi connectivity index (χ2v) is 8.59. The smallest absolute Gasteiger partial charge is 0.410 e. The molecule has 0 aliphatic carbocycles. The van der Waals surface area contributed by atoms with Gasteiger partial charge in [-0.3, -0.25) is 0 Å². The maximum atomic E-state index is 12.0.